The quantitative estimate of drug-likeness (QED) is 0.767. The van der Waals surface area contributed by atoms with Crippen LogP contribution in [-0.2, 0) is 14.3 Å². The van der Waals surface area contributed by atoms with Crippen LogP contribution >= 0.6 is 0 Å². The molecule has 0 aromatic heterocycles. The molecule has 0 aliphatic rings. The van der Waals surface area contributed by atoms with E-state index in [4.69, 9.17) is 4.74 Å². The summed E-state index contributed by atoms with van der Waals surface area (Å²) in [7, 11) is 0. The fraction of sp³-hybridized carbons (Fsp3) is 0.333. The van der Waals surface area contributed by atoms with Crippen LogP contribution in [0, 0.1) is 0 Å². The Morgan fingerprint density at radius 2 is 1.76 bits per heavy atom. The molecule has 0 spiro atoms. The molecule has 0 saturated heterocycles. The maximum atomic E-state index is 11.4. The monoisotopic (exact) mass is 238 g/mol. The summed E-state index contributed by atoms with van der Waals surface area (Å²) in [4.78, 5) is 21.9. The molecule has 0 fully saturated rings. The Bertz CT molecular complexity index is 374. The number of rotatable bonds is 5. The van der Waals surface area contributed by atoms with E-state index in [1.54, 1.807) is 30.3 Å². The zero-order valence-corrected chi connectivity index (χ0v) is 9.46. The highest BCUT2D eigenvalue weighted by atomic mass is 16.6. The number of carbonyl (C=O) groups excluding carboxylic acids is 2. The molecule has 1 rings (SSSR count). The van der Waals surface area contributed by atoms with Gasteiger partial charge in [0, 0.05) is 6.92 Å². The second-order valence-corrected chi connectivity index (χ2v) is 3.42. The first-order valence-electron chi connectivity index (χ1n) is 5.13. The van der Waals surface area contributed by atoms with Gasteiger partial charge >= 0.3 is 11.9 Å². The van der Waals surface area contributed by atoms with Gasteiger partial charge < -0.3 is 14.6 Å². The SMILES string of the molecule is CC(=O)OC[C@@H](O)COC(=O)c1ccccc1. The lowest BCUT2D eigenvalue weighted by Gasteiger charge is -2.10. The van der Waals surface area contributed by atoms with Crippen LogP contribution in [0.4, 0.5) is 0 Å². The lowest BCUT2D eigenvalue weighted by Crippen LogP contribution is -2.24. The maximum absolute atomic E-state index is 11.4. The van der Waals surface area contributed by atoms with E-state index in [0.717, 1.165) is 0 Å². The van der Waals surface area contributed by atoms with Gasteiger partial charge in [0.05, 0.1) is 5.56 Å². The third-order valence-corrected chi connectivity index (χ3v) is 1.90. The summed E-state index contributed by atoms with van der Waals surface area (Å²) in [5, 5.41) is 9.34. The van der Waals surface area contributed by atoms with Gasteiger partial charge in [0.25, 0.3) is 0 Å². The van der Waals surface area contributed by atoms with Crippen molar-refractivity contribution in [3.63, 3.8) is 0 Å². The van der Waals surface area contributed by atoms with E-state index < -0.39 is 18.0 Å². The van der Waals surface area contributed by atoms with E-state index in [1.807, 2.05) is 0 Å². The topological polar surface area (TPSA) is 72.8 Å². The van der Waals surface area contributed by atoms with E-state index in [0.29, 0.717) is 5.56 Å². The van der Waals surface area contributed by atoms with Gasteiger partial charge in [-0.25, -0.2) is 4.79 Å². The Kier molecular flexibility index (Phi) is 5.16. The molecular formula is C12H14O5. The molecule has 5 heteroatoms. The zero-order chi connectivity index (χ0) is 12.7. The molecular weight excluding hydrogens is 224 g/mol. The van der Waals surface area contributed by atoms with Crippen molar-refractivity contribution in [2.45, 2.75) is 13.0 Å². The second kappa shape index (κ2) is 6.65. The van der Waals surface area contributed by atoms with Crippen molar-refractivity contribution >= 4 is 11.9 Å². The maximum Gasteiger partial charge on any atom is 0.338 e. The van der Waals surface area contributed by atoms with E-state index in [2.05, 4.69) is 4.74 Å². The lowest BCUT2D eigenvalue weighted by molar-refractivity contribution is -0.144. The van der Waals surface area contributed by atoms with Crippen LogP contribution in [0.5, 0.6) is 0 Å². The van der Waals surface area contributed by atoms with Gasteiger partial charge in [-0.1, -0.05) is 18.2 Å². The van der Waals surface area contributed by atoms with Gasteiger partial charge in [-0.2, -0.15) is 0 Å². The summed E-state index contributed by atoms with van der Waals surface area (Å²) in [5.74, 6) is -1.01. The molecule has 1 aromatic carbocycles. The second-order valence-electron chi connectivity index (χ2n) is 3.42. The summed E-state index contributed by atoms with van der Waals surface area (Å²) in [6.07, 6.45) is -1.01. The molecule has 0 radical (unpaired) electrons. The molecule has 0 bridgehead atoms. The number of aliphatic hydroxyl groups is 1. The predicted octanol–water partition coefficient (Wildman–Crippen LogP) is 0.767. The first-order chi connectivity index (χ1) is 8.09. The lowest BCUT2D eigenvalue weighted by atomic mass is 10.2. The van der Waals surface area contributed by atoms with Crippen molar-refractivity contribution in [3.05, 3.63) is 35.9 Å². The molecule has 0 aliphatic carbocycles. The molecule has 92 valence electrons. The van der Waals surface area contributed by atoms with E-state index >= 15 is 0 Å². The standard InChI is InChI=1S/C12H14O5/c1-9(13)16-7-11(14)8-17-12(15)10-5-3-2-4-6-10/h2-6,11,14H,7-8H2,1H3/t11-/m1/s1. The minimum Gasteiger partial charge on any atom is -0.463 e. The molecule has 0 saturated carbocycles. The number of hydrogen-bond acceptors (Lipinski definition) is 5. The van der Waals surface area contributed by atoms with Crippen molar-refractivity contribution in [3.8, 4) is 0 Å². The average Bonchev–Trinajstić information content (AvgIpc) is 2.34. The molecule has 1 atom stereocenters. The third kappa shape index (κ3) is 5.12. The molecule has 1 aromatic rings. The van der Waals surface area contributed by atoms with E-state index in [-0.39, 0.29) is 13.2 Å². The Hall–Kier alpha value is -1.88. The van der Waals surface area contributed by atoms with Crippen molar-refractivity contribution in [1.82, 2.24) is 0 Å². The fourth-order valence-electron chi connectivity index (χ4n) is 1.09. The highest BCUT2D eigenvalue weighted by Gasteiger charge is 2.11. The van der Waals surface area contributed by atoms with Gasteiger partial charge in [-0.05, 0) is 12.1 Å². The first kappa shape index (κ1) is 13.2. The minimum absolute atomic E-state index is 0.183. The number of esters is 2. The number of carbonyl (C=O) groups is 2. The average molecular weight is 238 g/mol. The van der Waals surface area contributed by atoms with Gasteiger partial charge in [0.15, 0.2) is 0 Å². The largest absolute Gasteiger partial charge is 0.463 e. The highest BCUT2D eigenvalue weighted by molar-refractivity contribution is 5.89. The molecule has 0 amide bonds. The Morgan fingerprint density at radius 1 is 1.18 bits per heavy atom. The molecule has 0 heterocycles. The first-order valence-corrected chi connectivity index (χ1v) is 5.13. The predicted molar refractivity (Wildman–Crippen MR) is 59.4 cm³/mol. The Morgan fingerprint density at radius 3 is 2.35 bits per heavy atom. The normalized spacial score (nSPS) is 11.6. The minimum atomic E-state index is -1.01. The zero-order valence-electron chi connectivity index (χ0n) is 9.46. The Balaban J connectivity index is 2.31. The van der Waals surface area contributed by atoms with Gasteiger partial charge in [0.2, 0.25) is 0 Å². The van der Waals surface area contributed by atoms with Gasteiger partial charge in [-0.3, -0.25) is 4.79 Å². The number of ether oxygens (including phenoxy) is 2. The molecule has 0 aliphatic heterocycles. The third-order valence-electron chi connectivity index (χ3n) is 1.90. The summed E-state index contributed by atoms with van der Waals surface area (Å²) in [6, 6.07) is 8.44. The van der Waals surface area contributed by atoms with E-state index in [9.17, 15) is 14.7 Å². The van der Waals surface area contributed by atoms with Crippen LogP contribution in [0.2, 0.25) is 0 Å². The summed E-state index contributed by atoms with van der Waals surface area (Å²) in [6.45, 7) is 0.848. The van der Waals surface area contributed by atoms with Crippen molar-refractivity contribution < 1.29 is 24.2 Å². The van der Waals surface area contributed by atoms with Crippen LogP contribution in [-0.4, -0.2) is 36.4 Å². The number of benzene rings is 1. The van der Waals surface area contributed by atoms with Crippen LogP contribution in [0.15, 0.2) is 30.3 Å². The van der Waals surface area contributed by atoms with Crippen LogP contribution < -0.4 is 0 Å². The van der Waals surface area contributed by atoms with Gasteiger partial charge in [0.1, 0.15) is 19.3 Å². The summed E-state index contributed by atoms with van der Waals surface area (Å²) in [5.41, 5.74) is 0.409. The highest BCUT2D eigenvalue weighted by Crippen LogP contribution is 2.01. The molecule has 1 N–H and O–H groups in total. The summed E-state index contributed by atoms with van der Waals surface area (Å²) >= 11 is 0. The number of hydrogen-bond donors (Lipinski definition) is 1. The molecule has 17 heavy (non-hydrogen) atoms. The van der Waals surface area contributed by atoms with Crippen molar-refractivity contribution in [2.75, 3.05) is 13.2 Å². The van der Waals surface area contributed by atoms with Gasteiger partial charge in [-0.15, -0.1) is 0 Å². The van der Waals surface area contributed by atoms with Crippen molar-refractivity contribution in [1.29, 1.82) is 0 Å². The van der Waals surface area contributed by atoms with Crippen LogP contribution in [0.25, 0.3) is 0 Å². The number of aliphatic hydroxyl groups excluding tert-OH is 1. The molecule has 0 unspecified atom stereocenters. The van der Waals surface area contributed by atoms with E-state index in [1.165, 1.54) is 6.92 Å². The summed E-state index contributed by atoms with van der Waals surface area (Å²) < 4.78 is 9.40. The van der Waals surface area contributed by atoms with Crippen LogP contribution in [0.1, 0.15) is 17.3 Å². The van der Waals surface area contributed by atoms with Crippen LogP contribution in [0.3, 0.4) is 0 Å². The fourth-order valence-corrected chi connectivity index (χ4v) is 1.09. The molecule has 5 nitrogen and oxygen atoms in total. The smallest absolute Gasteiger partial charge is 0.338 e. The Labute approximate surface area is 99.0 Å². The van der Waals surface area contributed by atoms with Crippen molar-refractivity contribution in [2.24, 2.45) is 0 Å².